The number of hydrogen-bond donors (Lipinski definition) is 7. The summed E-state index contributed by atoms with van der Waals surface area (Å²) in [7, 11) is 0. The number of aliphatic carboxylic acids is 3. The minimum Gasteiger partial charge on any atom is -0.504 e. The number of phenols is 3. The first-order chi connectivity index (χ1) is 34.8. The average molecular weight is 1020 g/mol. The smallest absolute Gasteiger partial charge is 0.335 e. The van der Waals surface area contributed by atoms with Gasteiger partial charge in [0.1, 0.15) is 0 Å². The summed E-state index contributed by atoms with van der Waals surface area (Å²) in [5, 5.41) is 60.5. The summed E-state index contributed by atoms with van der Waals surface area (Å²) in [5.74, 6) is -5.33. The topological polar surface area (TPSA) is 210 Å². The number of aromatic carboxylic acids is 1. The molecule has 0 aliphatic carbocycles. The van der Waals surface area contributed by atoms with Crippen LogP contribution in [0.3, 0.4) is 0 Å². The van der Waals surface area contributed by atoms with Crippen LogP contribution >= 0.6 is 0 Å². The van der Waals surface area contributed by atoms with Gasteiger partial charge in [0.15, 0.2) is 17.2 Å². The standard InChI is InChI=1S/3C18H34O2.C7H6O5/c3*1-2-3-4-5-6-7-8-9-10-11-12-13-14-15-16-17-18(19)20;8-4-1-3(7(11)12)2-5(9)6(4)10/h3*9-10H,2-8,11-17H2,1H3,(H,19,20);1-2,8-10H,(H,11,12)/b3*10-9-;. The second-order valence-corrected chi connectivity index (χ2v) is 19.4. The Hall–Kier alpha value is -4.28. The van der Waals surface area contributed by atoms with Gasteiger partial charge in [0.25, 0.3) is 0 Å². The first-order valence-electron chi connectivity index (χ1n) is 28.9. The maximum Gasteiger partial charge on any atom is 0.335 e. The molecule has 0 radical (unpaired) electrons. The highest BCUT2D eigenvalue weighted by Crippen LogP contribution is 2.35. The zero-order valence-electron chi connectivity index (χ0n) is 46.1. The van der Waals surface area contributed by atoms with E-state index in [2.05, 4.69) is 57.2 Å². The van der Waals surface area contributed by atoms with Crippen LogP contribution in [0.5, 0.6) is 17.2 Å². The molecule has 0 heterocycles. The van der Waals surface area contributed by atoms with Crippen molar-refractivity contribution in [2.45, 2.75) is 290 Å². The predicted molar refractivity (Wildman–Crippen MR) is 300 cm³/mol. The van der Waals surface area contributed by atoms with E-state index in [0.717, 1.165) is 50.7 Å². The Bertz CT molecular complexity index is 1330. The van der Waals surface area contributed by atoms with Crippen LogP contribution in [0.4, 0.5) is 0 Å². The lowest BCUT2D eigenvalue weighted by Gasteiger charge is -2.01. The minimum atomic E-state index is -1.29. The van der Waals surface area contributed by atoms with E-state index in [4.69, 9.17) is 35.7 Å². The van der Waals surface area contributed by atoms with Gasteiger partial charge in [-0.05, 0) is 108 Å². The summed E-state index contributed by atoms with van der Waals surface area (Å²) in [6, 6.07) is 1.69. The normalized spacial score (nSPS) is 11.0. The Kier molecular flexibility index (Phi) is 59.3. The van der Waals surface area contributed by atoms with Gasteiger partial charge in [-0.3, -0.25) is 14.4 Å². The number of carboxylic acids is 4. The van der Waals surface area contributed by atoms with E-state index in [0.29, 0.717) is 19.3 Å². The molecule has 418 valence electrons. The van der Waals surface area contributed by atoms with Gasteiger partial charge < -0.3 is 35.7 Å². The van der Waals surface area contributed by atoms with Crippen LogP contribution in [0.15, 0.2) is 48.6 Å². The first kappa shape index (κ1) is 72.0. The number of allylic oxidation sites excluding steroid dienone is 6. The van der Waals surface area contributed by atoms with E-state index in [1.54, 1.807) is 0 Å². The van der Waals surface area contributed by atoms with Gasteiger partial charge in [-0.15, -0.1) is 0 Å². The second-order valence-electron chi connectivity index (χ2n) is 19.4. The molecular formula is C61H108O11. The van der Waals surface area contributed by atoms with E-state index >= 15 is 0 Å². The lowest BCUT2D eigenvalue weighted by Crippen LogP contribution is -1.95. The molecule has 1 aromatic rings. The number of carboxylic acid groups (broad SMARTS) is 4. The number of benzene rings is 1. The molecule has 1 rings (SSSR count). The summed E-state index contributed by atoms with van der Waals surface area (Å²) >= 11 is 0. The Morgan fingerprint density at radius 3 is 0.708 bits per heavy atom. The molecule has 0 atom stereocenters. The van der Waals surface area contributed by atoms with Crippen LogP contribution in [0.2, 0.25) is 0 Å². The van der Waals surface area contributed by atoms with Crippen LogP contribution in [0.25, 0.3) is 0 Å². The van der Waals surface area contributed by atoms with Gasteiger partial charge in [-0.25, -0.2) is 4.79 Å². The molecule has 1 aromatic carbocycles. The molecule has 0 aromatic heterocycles. The number of hydrogen-bond acceptors (Lipinski definition) is 7. The molecule has 0 saturated heterocycles. The van der Waals surface area contributed by atoms with Gasteiger partial charge in [-0.2, -0.15) is 0 Å². The predicted octanol–water partition coefficient (Wildman–Crippen LogP) is 18.8. The average Bonchev–Trinajstić information content (AvgIpc) is 3.34. The van der Waals surface area contributed by atoms with Gasteiger partial charge >= 0.3 is 23.9 Å². The molecule has 0 saturated carbocycles. The molecule has 11 nitrogen and oxygen atoms in total. The van der Waals surface area contributed by atoms with Crippen LogP contribution in [0, 0.1) is 0 Å². The fraction of sp³-hybridized carbons (Fsp3) is 0.738. The number of phenolic OH excluding ortho intramolecular Hbond substituents is 3. The van der Waals surface area contributed by atoms with Crippen LogP contribution in [-0.2, 0) is 14.4 Å². The molecule has 0 amide bonds. The summed E-state index contributed by atoms with van der Waals surface area (Å²) in [6.45, 7) is 6.78. The summed E-state index contributed by atoms with van der Waals surface area (Å²) in [4.78, 5) is 41.3. The fourth-order valence-electron chi connectivity index (χ4n) is 7.77. The number of rotatable bonds is 46. The van der Waals surface area contributed by atoms with Crippen LogP contribution in [0.1, 0.15) is 301 Å². The van der Waals surface area contributed by atoms with Crippen molar-refractivity contribution in [2.75, 3.05) is 0 Å². The third-order valence-corrected chi connectivity index (χ3v) is 12.3. The summed E-state index contributed by atoms with van der Waals surface area (Å²) in [6.07, 6.45) is 63.7. The molecule has 11 heteroatoms. The number of unbranched alkanes of at least 4 members (excludes halogenated alkanes) is 33. The molecular weight excluding hydrogens is 909 g/mol. The van der Waals surface area contributed by atoms with Crippen molar-refractivity contribution >= 4 is 23.9 Å². The zero-order chi connectivity index (χ0) is 54.0. The zero-order valence-corrected chi connectivity index (χ0v) is 46.1. The van der Waals surface area contributed by atoms with Crippen molar-refractivity contribution in [3.05, 3.63) is 54.2 Å². The summed E-state index contributed by atoms with van der Waals surface area (Å²) < 4.78 is 0. The largest absolute Gasteiger partial charge is 0.504 e. The van der Waals surface area contributed by atoms with Crippen molar-refractivity contribution in [1.29, 1.82) is 0 Å². The minimum absolute atomic E-state index is 0.289. The van der Waals surface area contributed by atoms with Gasteiger partial charge in [0.2, 0.25) is 0 Å². The molecule has 0 spiro atoms. The SMILES string of the molecule is CCCCCCCC/C=C\CCCCCCCC(=O)O.CCCCCCCC/C=C\CCCCCCCC(=O)O.CCCCCCCC/C=C\CCCCCCCC(=O)O.O=C(O)c1cc(O)c(O)c(O)c1. The molecule has 0 bridgehead atoms. The highest BCUT2D eigenvalue weighted by Gasteiger charge is 2.11. The Morgan fingerprint density at radius 1 is 0.319 bits per heavy atom. The second kappa shape index (κ2) is 59.3. The molecule has 0 aliphatic rings. The fourth-order valence-corrected chi connectivity index (χ4v) is 7.77. The van der Waals surface area contributed by atoms with Crippen LogP contribution in [-0.4, -0.2) is 59.6 Å². The highest BCUT2D eigenvalue weighted by atomic mass is 16.4. The van der Waals surface area contributed by atoms with Crippen molar-refractivity contribution in [3.8, 4) is 17.2 Å². The first-order valence-corrected chi connectivity index (χ1v) is 28.9. The third kappa shape index (κ3) is 61.8. The molecule has 0 fully saturated rings. The number of carbonyl (C=O) groups is 4. The van der Waals surface area contributed by atoms with Gasteiger partial charge in [0, 0.05) is 19.3 Å². The van der Waals surface area contributed by atoms with E-state index in [1.165, 1.54) is 212 Å². The Balaban J connectivity index is -0.000000894. The van der Waals surface area contributed by atoms with E-state index in [1.807, 2.05) is 0 Å². The number of aromatic hydroxyl groups is 3. The monoisotopic (exact) mass is 1020 g/mol. The van der Waals surface area contributed by atoms with Crippen LogP contribution < -0.4 is 0 Å². The van der Waals surface area contributed by atoms with Crippen molar-refractivity contribution in [2.24, 2.45) is 0 Å². The van der Waals surface area contributed by atoms with Crippen molar-refractivity contribution in [1.82, 2.24) is 0 Å². The quantitative estimate of drug-likeness (QED) is 0.0186. The van der Waals surface area contributed by atoms with E-state index in [-0.39, 0.29) is 5.56 Å². The maximum atomic E-state index is 10.3. The lowest BCUT2D eigenvalue weighted by atomic mass is 10.1. The van der Waals surface area contributed by atoms with E-state index < -0.39 is 41.1 Å². The van der Waals surface area contributed by atoms with Gasteiger partial charge in [0.05, 0.1) is 5.56 Å². The van der Waals surface area contributed by atoms with Gasteiger partial charge in [-0.1, -0.05) is 211 Å². The highest BCUT2D eigenvalue weighted by molar-refractivity contribution is 5.89. The Labute approximate surface area is 439 Å². The molecule has 7 N–H and O–H groups in total. The Morgan fingerprint density at radius 2 is 0.514 bits per heavy atom. The molecule has 72 heavy (non-hydrogen) atoms. The van der Waals surface area contributed by atoms with Crippen molar-refractivity contribution in [3.63, 3.8) is 0 Å². The summed E-state index contributed by atoms with van der Waals surface area (Å²) in [5.41, 5.74) is -0.289. The van der Waals surface area contributed by atoms with Crippen molar-refractivity contribution < 1.29 is 54.9 Å². The third-order valence-electron chi connectivity index (χ3n) is 12.3. The molecule has 0 aliphatic heterocycles. The maximum absolute atomic E-state index is 10.3. The molecule has 0 unspecified atom stereocenters. The lowest BCUT2D eigenvalue weighted by molar-refractivity contribution is -0.138. The van der Waals surface area contributed by atoms with E-state index in [9.17, 15) is 19.2 Å².